The zero-order valence-electron chi connectivity index (χ0n) is 9.03. The molecule has 4 heteroatoms. The number of hydrogen-bond donors (Lipinski definition) is 1. The van der Waals surface area contributed by atoms with Gasteiger partial charge in [0, 0.05) is 13.2 Å². The van der Waals surface area contributed by atoms with Crippen molar-refractivity contribution in [1.82, 2.24) is 4.90 Å². The Labute approximate surface area is 91.6 Å². The van der Waals surface area contributed by atoms with Crippen molar-refractivity contribution in [3.05, 3.63) is 0 Å². The maximum absolute atomic E-state index is 5.60. The average Bonchev–Trinajstić information content (AvgIpc) is 2.18. The van der Waals surface area contributed by atoms with Gasteiger partial charge in [0.05, 0.1) is 17.6 Å². The molecule has 2 N–H and O–H groups in total. The van der Waals surface area contributed by atoms with Gasteiger partial charge in [-0.3, -0.25) is 4.90 Å². The summed E-state index contributed by atoms with van der Waals surface area (Å²) in [5, 5.41) is 0. The van der Waals surface area contributed by atoms with Crippen LogP contribution in [0.25, 0.3) is 0 Å². The van der Waals surface area contributed by atoms with Gasteiger partial charge in [-0.1, -0.05) is 12.2 Å². The van der Waals surface area contributed by atoms with Crippen molar-refractivity contribution in [2.75, 3.05) is 26.8 Å². The van der Waals surface area contributed by atoms with E-state index in [1.54, 1.807) is 0 Å². The summed E-state index contributed by atoms with van der Waals surface area (Å²) in [6, 6.07) is 0.187. The quantitative estimate of drug-likeness (QED) is 0.712. The van der Waals surface area contributed by atoms with Crippen molar-refractivity contribution in [2.45, 2.75) is 25.8 Å². The molecule has 1 rings (SSSR count). The van der Waals surface area contributed by atoms with Crippen LogP contribution in [0, 0.1) is 5.92 Å². The maximum Gasteiger partial charge on any atom is 0.0899 e. The van der Waals surface area contributed by atoms with Crippen molar-refractivity contribution in [1.29, 1.82) is 0 Å². The van der Waals surface area contributed by atoms with Gasteiger partial charge in [-0.05, 0) is 32.7 Å². The van der Waals surface area contributed by atoms with E-state index in [1.165, 1.54) is 12.8 Å². The van der Waals surface area contributed by atoms with Gasteiger partial charge in [-0.25, -0.2) is 0 Å². The van der Waals surface area contributed by atoms with Crippen LogP contribution in [0.1, 0.15) is 19.8 Å². The molecule has 0 radical (unpaired) electrons. The number of nitrogens with two attached hydrogens (primary N) is 1. The van der Waals surface area contributed by atoms with Crippen LogP contribution < -0.4 is 5.73 Å². The third kappa shape index (κ3) is 3.52. The van der Waals surface area contributed by atoms with Gasteiger partial charge in [-0.15, -0.1) is 0 Å². The number of likely N-dealkylation sites (N-methyl/N-ethyl adjacent to an activating group) is 1. The predicted molar refractivity (Wildman–Crippen MR) is 62.4 cm³/mol. The molecular weight excluding hydrogens is 196 g/mol. The molecule has 1 aliphatic heterocycles. The highest BCUT2D eigenvalue weighted by atomic mass is 32.1. The molecule has 1 saturated heterocycles. The summed E-state index contributed by atoms with van der Waals surface area (Å²) in [6.45, 7) is 4.88. The second-order valence-electron chi connectivity index (χ2n) is 4.10. The van der Waals surface area contributed by atoms with E-state index in [0.29, 0.717) is 10.9 Å². The standard InChI is InChI=1S/C10H20N2OS/c1-8(10(11)14)12(2)6-9-4-3-5-13-7-9/h8-9H,3-7H2,1-2H3,(H2,11,14). The Morgan fingerprint density at radius 3 is 2.93 bits per heavy atom. The van der Waals surface area contributed by atoms with Crippen LogP contribution in [0.3, 0.4) is 0 Å². The van der Waals surface area contributed by atoms with Gasteiger partial charge in [-0.2, -0.15) is 0 Å². The number of ether oxygens (including phenoxy) is 1. The molecule has 0 amide bonds. The summed E-state index contributed by atoms with van der Waals surface area (Å²) >= 11 is 4.97. The fraction of sp³-hybridized carbons (Fsp3) is 0.900. The lowest BCUT2D eigenvalue weighted by Gasteiger charge is -2.30. The Hall–Kier alpha value is -0.190. The van der Waals surface area contributed by atoms with Crippen molar-refractivity contribution < 1.29 is 4.74 Å². The van der Waals surface area contributed by atoms with E-state index in [2.05, 4.69) is 11.9 Å². The Bertz CT molecular complexity index is 193. The van der Waals surface area contributed by atoms with Crippen molar-refractivity contribution in [3.63, 3.8) is 0 Å². The minimum absolute atomic E-state index is 0.187. The molecule has 1 fully saturated rings. The van der Waals surface area contributed by atoms with E-state index in [9.17, 15) is 0 Å². The zero-order chi connectivity index (χ0) is 10.6. The molecule has 2 atom stereocenters. The first-order chi connectivity index (χ1) is 6.61. The predicted octanol–water partition coefficient (Wildman–Crippen LogP) is 1.02. The summed E-state index contributed by atoms with van der Waals surface area (Å²) in [6.07, 6.45) is 2.44. The minimum Gasteiger partial charge on any atom is -0.392 e. The molecule has 2 unspecified atom stereocenters. The van der Waals surface area contributed by atoms with E-state index >= 15 is 0 Å². The zero-order valence-corrected chi connectivity index (χ0v) is 9.85. The van der Waals surface area contributed by atoms with Gasteiger partial charge in [0.1, 0.15) is 0 Å². The SMILES string of the molecule is CC(C(N)=S)N(C)CC1CCCOC1. The first-order valence-electron chi connectivity index (χ1n) is 5.18. The van der Waals surface area contributed by atoms with E-state index in [-0.39, 0.29) is 6.04 Å². The Morgan fingerprint density at radius 2 is 2.43 bits per heavy atom. The summed E-state index contributed by atoms with van der Waals surface area (Å²) < 4.78 is 5.43. The maximum atomic E-state index is 5.60. The monoisotopic (exact) mass is 216 g/mol. The molecule has 0 saturated carbocycles. The highest BCUT2D eigenvalue weighted by molar-refractivity contribution is 7.80. The fourth-order valence-corrected chi connectivity index (χ4v) is 1.91. The first kappa shape index (κ1) is 11.9. The van der Waals surface area contributed by atoms with E-state index in [1.807, 2.05) is 6.92 Å². The van der Waals surface area contributed by atoms with Gasteiger partial charge in [0.15, 0.2) is 0 Å². The second-order valence-corrected chi connectivity index (χ2v) is 4.57. The smallest absolute Gasteiger partial charge is 0.0899 e. The van der Waals surface area contributed by atoms with Crippen LogP contribution in [0.15, 0.2) is 0 Å². The van der Waals surface area contributed by atoms with Gasteiger partial charge < -0.3 is 10.5 Å². The Balaban J connectivity index is 2.31. The fourth-order valence-electron chi connectivity index (χ4n) is 1.73. The van der Waals surface area contributed by atoms with Crippen molar-refractivity contribution in [2.24, 2.45) is 11.7 Å². The molecule has 14 heavy (non-hydrogen) atoms. The van der Waals surface area contributed by atoms with Gasteiger partial charge in [0.2, 0.25) is 0 Å². The number of thiocarbonyl (C=S) groups is 1. The lowest BCUT2D eigenvalue weighted by atomic mass is 10.0. The van der Waals surface area contributed by atoms with Crippen LogP contribution in [-0.2, 0) is 4.74 Å². The topological polar surface area (TPSA) is 38.5 Å². The number of rotatable bonds is 4. The largest absolute Gasteiger partial charge is 0.392 e. The molecule has 0 aromatic rings. The first-order valence-corrected chi connectivity index (χ1v) is 5.59. The Morgan fingerprint density at radius 1 is 1.71 bits per heavy atom. The average molecular weight is 216 g/mol. The lowest BCUT2D eigenvalue weighted by molar-refractivity contribution is 0.0406. The normalized spacial score (nSPS) is 24.9. The van der Waals surface area contributed by atoms with E-state index < -0.39 is 0 Å². The van der Waals surface area contributed by atoms with Crippen LogP contribution in [-0.4, -0.2) is 42.7 Å². The van der Waals surface area contributed by atoms with Crippen molar-refractivity contribution >= 4 is 17.2 Å². The third-order valence-corrected chi connectivity index (χ3v) is 3.21. The van der Waals surface area contributed by atoms with Gasteiger partial charge >= 0.3 is 0 Å². The van der Waals surface area contributed by atoms with Crippen LogP contribution >= 0.6 is 12.2 Å². The highest BCUT2D eigenvalue weighted by Gasteiger charge is 2.19. The van der Waals surface area contributed by atoms with Crippen LogP contribution in [0.4, 0.5) is 0 Å². The summed E-state index contributed by atoms with van der Waals surface area (Å²) in [5.74, 6) is 0.644. The number of nitrogens with zero attached hydrogens (tertiary/aromatic N) is 1. The third-order valence-electron chi connectivity index (χ3n) is 2.87. The number of hydrogen-bond acceptors (Lipinski definition) is 3. The molecule has 3 nitrogen and oxygen atoms in total. The molecule has 0 aromatic carbocycles. The van der Waals surface area contributed by atoms with E-state index in [4.69, 9.17) is 22.7 Å². The van der Waals surface area contributed by atoms with Gasteiger partial charge in [0.25, 0.3) is 0 Å². The lowest BCUT2D eigenvalue weighted by Crippen LogP contribution is -2.42. The van der Waals surface area contributed by atoms with Crippen molar-refractivity contribution in [3.8, 4) is 0 Å². The molecule has 0 aromatic heterocycles. The van der Waals surface area contributed by atoms with Crippen LogP contribution in [0.2, 0.25) is 0 Å². The molecule has 1 heterocycles. The summed E-state index contributed by atoms with van der Waals surface area (Å²) in [5.41, 5.74) is 5.60. The molecule has 0 bridgehead atoms. The van der Waals surface area contributed by atoms with Crippen LogP contribution in [0.5, 0.6) is 0 Å². The minimum atomic E-state index is 0.187. The molecular formula is C10H20N2OS. The molecule has 0 spiro atoms. The second kappa shape index (κ2) is 5.63. The molecule has 82 valence electrons. The molecule has 1 aliphatic rings. The summed E-state index contributed by atoms with van der Waals surface area (Å²) in [7, 11) is 2.07. The molecule has 0 aliphatic carbocycles. The Kier molecular flexibility index (Phi) is 4.78. The van der Waals surface area contributed by atoms with E-state index in [0.717, 1.165) is 19.8 Å². The highest BCUT2D eigenvalue weighted by Crippen LogP contribution is 2.15. The summed E-state index contributed by atoms with van der Waals surface area (Å²) in [4.78, 5) is 2.78.